The third-order valence-corrected chi connectivity index (χ3v) is 7.86. The fraction of sp³-hybridized carbons (Fsp3) is 0.531. The molecule has 2 aromatic carbocycles. The molecular formula is C32H46BrFN2O2S. The van der Waals surface area contributed by atoms with Crippen molar-refractivity contribution in [3.05, 3.63) is 70.5 Å². The highest BCUT2D eigenvalue weighted by Crippen LogP contribution is 2.26. The van der Waals surface area contributed by atoms with Crippen molar-refractivity contribution < 1.29 is 13.9 Å². The molecule has 0 fully saturated rings. The van der Waals surface area contributed by atoms with Gasteiger partial charge in [-0.2, -0.15) is 0 Å². The average molecular weight is 622 g/mol. The van der Waals surface area contributed by atoms with E-state index < -0.39 is 5.82 Å². The van der Waals surface area contributed by atoms with Crippen LogP contribution in [0.2, 0.25) is 0 Å². The lowest BCUT2D eigenvalue weighted by Gasteiger charge is -2.15. The summed E-state index contributed by atoms with van der Waals surface area (Å²) in [6, 6.07) is 12.2. The molecule has 216 valence electrons. The maximum absolute atomic E-state index is 14.6. The summed E-state index contributed by atoms with van der Waals surface area (Å²) in [6.07, 6.45) is 17.5. The zero-order valence-corrected chi connectivity index (χ0v) is 26.2. The summed E-state index contributed by atoms with van der Waals surface area (Å²) in [5.41, 5.74) is 2.05. The number of amides is 1. The van der Waals surface area contributed by atoms with Gasteiger partial charge in [-0.3, -0.25) is 4.79 Å². The Labute approximate surface area is 249 Å². The summed E-state index contributed by atoms with van der Waals surface area (Å²) in [7, 11) is 0. The number of nitrogens with zero attached hydrogens (tertiary/aromatic N) is 1. The zero-order valence-electron chi connectivity index (χ0n) is 23.7. The van der Waals surface area contributed by atoms with Crippen molar-refractivity contribution in [1.82, 2.24) is 4.90 Å². The second-order valence-electron chi connectivity index (χ2n) is 10.3. The second-order valence-corrected chi connectivity index (χ2v) is 11.5. The lowest BCUT2D eigenvalue weighted by atomic mass is 10.1. The van der Waals surface area contributed by atoms with Gasteiger partial charge in [0.25, 0.3) is 5.91 Å². The quantitative estimate of drug-likeness (QED) is 0.168. The summed E-state index contributed by atoms with van der Waals surface area (Å²) in [5.74, 6) is 0.456. The van der Waals surface area contributed by atoms with Crippen LogP contribution in [0, 0.1) is 5.82 Å². The van der Waals surface area contributed by atoms with Crippen LogP contribution < -0.4 is 10.1 Å². The molecule has 0 saturated carbocycles. The molecule has 1 amide bonds. The predicted octanol–water partition coefficient (Wildman–Crippen LogP) is 10.1. The van der Waals surface area contributed by atoms with Crippen molar-refractivity contribution in [2.45, 2.75) is 97.4 Å². The number of anilines is 1. The monoisotopic (exact) mass is 620 g/mol. The first-order valence-corrected chi connectivity index (χ1v) is 15.4. The predicted molar refractivity (Wildman–Crippen MR) is 169 cm³/mol. The van der Waals surface area contributed by atoms with Crippen LogP contribution in [0.1, 0.15) is 107 Å². The van der Waals surface area contributed by atoms with Gasteiger partial charge in [-0.15, -0.1) is 28.7 Å². The standard InChI is InChI=1S/C32H45FN2O2S.BrH/c1-3-4-5-6-7-8-9-10-11-12-13-14-20-37-31-19-18-29(22-30(31)33)34-32(36)28-17-15-16-27(21-28)24-35-23-26(2)38-25-35;/h15-19,21-23H,3-14,20,24-25H2,1-2H3,(H,34,36);1H. The van der Waals surface area contributed by atoms with Gasteiger partial charge in [-0.25, -0.2) is 4.39 Å². The maximum Gasteiger partial charge on any atom is 0.255 e. The minimum atomic E-state index is -0.454. The number of hydrogen-bond donors (Lipinski definition) is 1. The fourth-order valence-corrected chi connectivity index (χ4v) is 5.44. The van der Waals surface area contributed by atoms with Crippen molar-refractivity contribution in [3.63, 3.8) is 0 Å². The molecule has 0 radical (unpaired) electrons. The Kier molecular flexibility index (Phi) is 16.3. The van der Waals surface area contributed by atoms with Crippen LogP contribution in [0.15, 0.2) is 53.6 Å². The number of halogens is 2. The molecule has 0 saturated heterocycles. The number of ether oxygens (including phenoxy) is 1. The second kappa shape index (κ2) is 19.1. The van der Waals surface area contributed by atoms with Crippen LogP contribution in [0.4, 0.5) is 10.1 Å². The Morgan fingerprint density at radius 1 is 0.949 bits per heavy atom. The maximum atomic E-state index is 14.6. The van der Waals surface area contributed by atoms with Gasteiger partial charge in [0.05, 0.1) is 12.5 Å². The molecule has 39 heavy (non-hydrogen) atoms. The van der Waals surface area contributed by atoms with Gasteiger partial charge in [-0.05, 0) is 48.1 Å². The highest BCUT2D eigenvalue weighted by atomic mass is 79.9. The third-order valence-electron chi connectivity index (χ3n) is 6.84. The molecule has 4 nitrogen and oxygen atoms in total. The van der Waals surface area contributed by atoms with Crippen LogP contribution in [-0.2, 0) is 6.54 Å². The van der Waals surface area contributed by atoms with E-state index in [1.54, 1.807) is 18.2 Å². The molecule has 0 atom stereocenters. The van der Waals surface area contributed by atoms with Gasteiger partial charge in [0.15, 0.2) is 11.6 Å². The van der Waals surface area contributed by atoms with Crippen molar-refractivity contribution in [1.29, 1.82) is 0 Å². The van der Waals surface area contributed by atoms with Gasteiger partial charge < -0.3 is 15.0 Å². The normalized spacial score (nSPS) is 12.7. The first-order chi connectivity index (χ1) is 18.5. The van der Waals surface area contributed by atoms with Crippen molar-refractivity contribution in [2.24, 2.45) is 0 Å². The number of thioether (sulfide) groups is 1. The van der Waals surface area contributed by atoms with E-state index in [9.17, 15) is 9.18 Å². The van der Waals surface area contributed by atoms with E-state index in [4.69, 9.17) is 4.74 Å². The van der Waals surface area contributed by atoms with E-state index >= 15 is 0 Å². The third kappa shape index (κ3) is 12.8. The summed E-state index contributed by atoms with van der Waals surface area (Å²) >= 11 is 1.81. The van der Waals surface area contributed by atoms with E-state index in [0.717, 1.165) is 30.8 Å². The number of carbonyl (C=O) groups is 1. The lowest BCUT2D eigenvalue weighted by molar-refractivity contribution is 0.102. The number of hydrogen-bond acceptors (Lipinski definition) is 4. The van der Waals surface area contributed by atoms with E-state index in [0.29, 0.717) is 17.9 Å². The largest absolute Gasteiger partial charge is 0.491 e. The van der Waals surface area contributed by atoms with E-state index in [1.165, 1.54) is 75.2 Å². The van der Waals surface area contributed by atoms with Crippen molar-refractivity contribution >= 4 is 40.3 Å². The van der Waals surface area contributed by atoms with Gasteiger partial charge in [0.1, 0.15) is 0 Å². The number of carbonyl (C=O) groups excluding carboxylic acids is 1. The lowest BCUT2D eigenvalue weighted by Crippen LogP contribution is -2.15. The Bertz CT molecular complexity index is 1030. The molecular weight excluding hydrogens is 575 g/mol. The van der Waals surface area contributed by atoms with Crippen LogP contribution in [0.25, 0.3) is 0 Å². The Hall–Kier alpha value is -1.99. The first-order valence-electron chi connectivity index (χ1n) is 14.4. The summed E-state index contributed by atoms with van der Waals surface area (Å²) in [5, 5.41) is 2.81. The molecule has 1 aliphatic heterocycles. The Balaban J connectivity index is 0.00000533. The highest BCUT2D eigenvalue weighted by Gasteiger charge is 2.13. The Morgan fingerprint density at radius 2 is 1.62 bits per heavy atom. The molecule has 0 aliphatic carbocycles. The molecule has 0 spiro atoms. The molecule has 0 aromatic heterocycles. The number of rotatable bonds is 18. The van der Waals surface area contributed by atoms with Gasteiger partial charge in [0.2, 0.25) is 0 Å². The van der Waals surface area contributed by atoms with Crippen molar-refractivity contribution in [3.8, 4) is 5.75 Å². The summed E-state index contributed by atoms with van der Waals surface area (Å²) < 4.78 is 20.2. The topological polar surface area (TPSA) is 41.6 Å². The fourth-order valence-electron chi connectivity index (χ4n) is 4.68. The SMILES string of the molecule is Br.CCCCCCCCCCCCCCOc1ccc(NC(=O)c2cccc(CN3C=C(C)SC3)c2)cc1F. The molecule has 1 N–H and O–H groups in total. The van der Waals surface area contributed by atoms with E-state index in [1.807, 2.05) is 30.0 Å². The molecule has 0 bridgehead atoms. The molecule has 2 aromatic rings. The molecule has 3 rings (SSSR count). The van der Waals surface area contributed by atoms with Crippen LogP contribution >= 0.6 is 28.7 Å². The minimum absolute atomic E-state index is 0. The number of unbranched alkanes of at least 4 members (excludes halogenated alkanes) is 11. The van der Waals surface area contributed by atoms with Gasteiger partial charge in [0, 0.05) is 30.1 Å². The zero-order chi connectivity index (χ0) is 27.0. The molecule has 1 aliphatic rings. The van der Waals surface area contributed by atoms with Gasteiger partial charge >= 0.3 is 0 Å². The minimum Gasteiger partial charge on any atom is -0.491 e. The molecule has 7 heteroatoms. The first kappa shape index (κ1) is 33.2. The Morgan fingerprint density at radius 3 is 2.23 bits per heavy atom. The number of allylic oxidation sites excluding steroid dienone is 1. The molecule has 1 heterocycles. The molecule has 0 unspecified atom stereocenters. The van der Waals surface area contributed by atoms with Crippen LogP contribution in [-0.4, -0.2) is 23.3 Å². The number of nitrogens with one attached hydrogen (secondary N) is 1. The van der Waals surface area contributed by atoms with Gasteiger partial charge in [-0.1, -0.05) is 89.7 Å². The van der Waals surface area contributed by atoms with Crippen molar-refractivity contribution in [2.75, 3.05) is 17.8 Å². The number of benzene rings is 2. The van der Waals surface area contributed by atoms with Crippen LogP contribution in [0.5, 0.6) is 5.75 Å². The smallest absolute Gasteiger partial charge is 0.255 e. The summed E-state index contributed by atoms with van der Waals surface area (Å²) in [4.78, 5) is 16.3. The highest BCUT2D eigenvalue weighted by molar-refractivity contribution is 8.93. The summed E-state index contributed by atoms with van der Waals surface area (Å²) in [6.45, 7) is 5.63. The van der Waals surface area contributed by atoms with E-state index in [2.05, 4.69) is 30.3 Å². The van der Waals surface area contributed by atoms with Crippen LogP contribution in [0.3, 0.4) is 0 Å². The average Bonchev–Trinajstić information content (AvgIpc) is 3.32. The van der Waals surface area contributed by atoms with E-state index in [-0.39, 0.29) is 28.6 Å².